The van der Waals surface area contributed by atoms with Crippen molar-refractivity contribution in [2.45, 2.75) is 31.8 Å². The maximum Gasteiger partial charge on any atom is 0.233 e. The molecule has 1 aliphatic carbocycles. The zero-order valence-electron chi connectivity index (χ0n) is 13.7. The second kappa shape index (κ2) is 6.71. The summed E-state index contributed by atoms with van der Waals surface area (Å²) in [5.41, 5.74) is 4.03. The van der Waals surface area contributed by atoms with Crippen LogP contribution in [0.1, 0.15) is 35.7 Å². The summed E-state index contributed by atoms with van der Waals surface area (Å²) in [5.74, 6) is 0.737. The molecule has 3 aromatic rings. The summed E-state index contributed by atoms with van der Waals surface area (Å²) in [6.07, 6.45) is 8.74. The van der Waals surface area contributed by atoms with Crippen LogP contribution in [-0.4, -0.2) is 37.5 Å². The van der Waals surface area contributed by atoms with Gasteiger partial charge in [-0.25, -0.2) is 9.97 Å². The lowest BCUT2D eigenvalue weighted by molar-refractivity contribution is 0.163. The lowest BCUT2D eigenvalue weighted by atomic mass is 10.1. The summed E-state index contributed by atoms with van der Waals surface area (Å²) in [4.78, 5) is 11.2. The van der Waals surface area contributed by atoms with Gasteiger partial charge < -0.3 is 5.11 Å². The van der Waals surface area contributed by atoms with Gasteiger partial charge in [0.05, 0.1) is 11.9 Å². The molecule has 124 valence electrons. The molecule has 0 saturated carbocycles. The Morgan fingerprint density at radius 3 is 3.04 bits per heavy atom. The van der Waals surface area contributed by atoms with Gasteiger partial charge in [0.15, 0.2) is 0 Å². The smallest absolute Gasteiger partial charge is 0.233 e. The second-order valence-corrected chi connectivity index (χ2v) is 6.34. The fourth-order valence-corrected chi connectivity index (χ4v) is 3.74. The number of rotatable bonds is 6. The molecule has 2 aromatic heterocycles. The highest BCUT2D eigenvalue weighted by molar-refractivity contribution is 5.35. The molecule has 1 unspecified atom stereocenters. The van der Waals surface area contributed by atoms with E-state index in [0.717, 1.165) is 43.8 Å². The van der Waals surface area contributed by atoms with Gasteiger partial charge in [-0.2, -0.15) is 0 Å². The van der Waals surface area contributed by atoms with Crippen LogP contribution in [0.4, 0.5) is 0 Å². The van der Waals surface area contributed by atoms with Crippen LogP contribution >= 0.6 is 0 Å². The van der Waals surface area contributed by atoms with Gasteiger partial charge in [0.2, 0.25) is 5.78 Å². The molecule has 1 atom stereocenters. The molecule has 5 nitrogen and oxygen atoms in total. The Morgan fingerprint density at radius 2 is 2.12 bits per heavy atom. The van der Waals surface area contributed by atoms with E-state index in [0.29, 0.717) is 6.04 Å². The first-order valence-electron chi connectivity index (χ1n) is 8.56. The number of aliphatic hydroxyl groups is 1. The van der Waals surface area contributed by atoms with E-state index in [1.165, 1.54) is 11.1 Å². The lowest BCUT2D eigenvalue weighted by Gasteiger charge is -2.29. The Morgan fingerprint density at radius 1 is 1.21 bits per heavy atom. The maximum absolute atomic E-state index is 9.30. The number of aromatic nitrogens is 3. The molecule has 1 aromatic carbocycles. The van der Waals surface area contributed by atoms with E-state index in [1.54, 1.807) is 6.20 Å². The minimum Gasteiger partial charge on any atom is -0.396 e. The molecular weight excluding hydrogens is 300 g/mol. The monoisotopic (exact) mass is 322 g/mol. The molecule has 0 aliphatic heterocycles. The maximum atomic E-state index is 9.30. The van der Waals surface area contributed by atoms with Crippen molar-refractivity contribution in [1.82, 2.24) is 19.3 Å². The van der Waals surface area contributed by atoms with Gasteiger partial charge in [-0.15, -0.1) is 0 Å². The molecule has 24 heavy (non-hydrogen) atoms. The molecule has 0 amide bonds. The molecule has 4 rings (SSSR count). The van der Waals surface area contributed by atoms with E-state index in [1.807, 2.05) is 22.9 Å². The zero-order chi connectivity index (χ0) is 16.4. The van der Waals surface area contributed by atoms with Crippen molar-refractivity contribution in [2.75, 3.05) is 13.2 Å². The summed E-state index contributed by atoms with van der Waals surface area (Å²) in [6.45, 7) is 1.91. The number of nitrogens with zero attached hydrogens (tertiary/aromatic N) is 4. The van der Waals surface area contributed by atoms with Crippen LogP contribution < -0.4 is 0 Å². The average molecular weight is 322 g/mol. The Labute approximate surface area is 141 Å². The second-order valence-electron chi connectivity index (χ2n) is 6.34. The summed E-state index contributed by atoms with van der Waals surface area (Å²) in [6, 6.07) is 11.1. The molecule has 0 saturated heterocycles. The number of benzene rings is 1. The largest absolute Gasteiger partial charge is 0.396 e. The van der Waals surface area contributed by atoms with Crippen LogP contribution in [-0.2, 0) is 13.0 Å². The first-order valence-corrected chi connectivity index (χ1v) is 8.56. The Kier molecular flexibility index (Phi) is 4.28. The van der Waals surface area contributed by atoms with Crippen molar-refractivity contribution < 1.29 is 5.11 Å². The molecule has 1 aliphatic rings. The van der Waals surface area contributed by atoms with Crippen LogP contribution in [0.2, 0.25) is 0 Å². The van der Waals surface area contributed by atoms with Crippen molar-refractivity contribution in [3.8, 4) is 0 Å². The predicted octanol–water partition coefficient (Wildman–Crippen LogP) is 2.60. The summed E-state index contributed by atoms with van der Waals surface area (Å²) in [5, 5.41) is 9.30. The van der Waals surface area contributed by atoms with E-state index in [4.69, 9.17) is 0 Å². The van der Waals surface area contributed by atoms with Crippen molar-refractivity contribution in [2.24, 2.45) is 0 Å². The highest BCUT2D eigenvalue weighted by Crippen LogP contribution is 2.36. The topological polar surface area (TPSA) is 53.7 Å². The van der Waals surface area contributed by atoms with Gasteiger partial charge in [-0.05, 0) is 36.5 Å². The van der Waals surface area contributed by atoms with Gasteiger partial charge in [0.1, 0.15) is 0 Å². The molecule has 5 heteroatoms. The Balaban J connectivity index is 1.63. The minimum atomic E-state index is 0.222. The van der Waals surface area contributed by atoms with E-state index in [9.17, 15) is 5.11 Å². The fourth-order valence-electron chi connectivity index (χ4n) is 3.74. The van der Waals surface area contributed by atoms with E-state index >= 15 is 0 Å². The third kappa shape index (κ3) is 2.81. The number of aliphatic hydroxyl groups excluding tert-OH is 1. The van der Waals surface area contributed by atoms with Crippen molar-refractivity contribution >= 4 is 5.78 Å². The molecule has 0 fully saturated rings. The molecule has 0 radical (unpaired) electrons. The van der Waals surface area contributed by atoms with Crippen molar-refractivity contribution in [3.05, 3.63) is 65.7 Å². The van der Waals surface area contributed by atoms with Crippen LogP contribution in [0.25, 0.3) is 5.78 Å². The standard InChI is InChI=1S/C19H22N4O/c24-12-4-10-22(18-8-7-15-5-1-2-6-17(15)18)14-16-13-21-19-20-9-3-11-23(16)19/h1-3,5-6,9,11,13,18,24H,4,7-8,10,12,14H2. The average Bonchev–Trinajstić information content (AvgIpc) is 3.23. The van der Waals surface area contributed by atoms with Gasteiger partial charge in [-0.3, -0.25) is 9.30 Å². The fraction of sp³-hybridized carbons (Fsp3) is 0.368. The Hall–Kier alpha value is -2.24. The van der Waals surface area contributed by atoms with E-state index in [2.05, 4.69) is 39.1 Å². The van der Waals surface area contributed by atoms with Crippen molar-refractivity contribution in [1.29, 1.82) is 0 Å². The first-order chi connectivity index (χ1) is 11.9. The van der Waals surface area contributed by atoms with Crippen molar-refractivity contribution in [3.63, 3.8) is 0 Å². The first kappa shape index (κ1) is 15.3. The molecule has 1 N–H and O–H groups in total. The number of hydrogen-bond donors (Lipinski definition) is 1. The van der Waals surface area contributed by atoms with Crippen LogP contribution in [0.15, 0.2) is 48.9 Å². The van der Waals surface area contributed by atoms with E-state index < -0.39 is 0 Å². The van der Waals surface area contributed by atoms with Gasteiger partial charge in [-0.1, -0.05) is 24.3 Å². The van der Waals surface area contributed by atoms with E-state index in [-0.39, 0.29) is 6.61 Å². The van der Waals surface area contributed by atoms with Gasteiger partial charge >= 0.3 is 0 Å². The number of aryl methyl sites for hydroxylation is 1. The minimum absolute atomic E-state index is 0.222. The van der Waals surface area contributed by atoms with Crippen LogP contribution in [0.5, 0.6) is 0 Å². The Bertz CT molecular complexity index is 829. The normalized spacial score (nSPS) is 16.8. The third-order valence-electron chi connectivity index (χ3n) is 4.88. The summed E-state index contributed by atoms with van der Waals surface area (Å²) < 4.78 is 2.05. The SMILES string of the molecule is OCCCN(Cc1cnc2ncccn12)C1CCc2ccccc21. The predicted molar refractivity (Wildman–Crippen MR) is 92.6 cm³/mol. The third-order valence-corrected chi connectivity index (χ3v) is 4.88. The summed E-state index contributed by atoms with van der Waals surface area (Å²) >= 11 is 0. The highest BCUT2D eigenvalue weighted by Gasteiger charge is 2.28. The number of fused-ring (bicyclic) bond motifs is 2. The molecule has 0 bridgehead atoms. The number of hydrogen-bond acceptors (Lipinski definition) is 4. The van der Waals surface area contributed by atoms with Gasteiger partial charge in [0, 0.05) is 38.1 Å². The molecule has 2 heterocycles. The van der Waals surface area contributed by atoms with Gasteiger partial charge in [0.25, 0.3) is 0 Å². The van der Waals surface area contributed by atoms with Crippen LogP contribution in [0.3, 0.4) is 0 Å². The molecular formula is C19H22N4O. The quantitative estimate of drug-likeness (QED) is 0.758. The zero-order valence-corrected chi connectivity index (χ0v) is 13.7. The summed E-state index contributed by atoms with van der Waals surface area (Å²) in [7, 11) is 0. The van der Waals surface area contributed by atoms with Crippen LogP contribution in [0, 0.1) is 0 Å². The number of imidazole rings is 1. The highest BCUT2D eigenvalue weighted by atomic mass is 16.3. The molecule has 0 spiro atoms. The lowest BCUT2D eigenvalue weighted by Crippen LogP contribution is -2.29.